The Morgan fingerprint density at radius 1 is 1.08 bits per heavy atom. The number of rotatable bonds is 5. The van der Waals surface area contributed by atoms with Crippen molar-refractivity contribution < 1.29 is 8.42 Å². The maximum Gasteiger partial charge on any atom is 0.238 e. The van der Waals surface area contributed by atoms with Crippen LogP contribution in [0.4, 0.5) is 0 Å². The maximum atomic E-state index is 11.2. The standard InChI is InChI=1S/C16H19ClN4O2S/c1-19-16(21-11-13-3-2-4-14(17)9-13)20-10-12-5-7-15(8-6-12)24(18,22)23/h2-9H,10-11H2,1H3,(H2,18,22,23)(H2,19,20,21). The number of hydrogen-bond acceptors (Lipinski definition) is 3. The maximum absolute atomic E-state index is 11.2. The third kappa shape index (κ3) is 5.52. The Hall–Kier alpha value is -2.09. The zero-order chi connectivity index (χ0) is 17.6. The molecule has 0 fully saturated rings. The number of primary sulfonamides is 1. The van der Waals surface area contributed by atoms with Gasteiger partial charge in [0.05, 0.1) is 4.90 Å². The van der Waals surface area contributed by atoms with Crippen LogP contribution in [0.1, 0.15) is 11.1 Å². The second-order valence-corrected chi connectivity index (χ2v) is 7.10. The van der Waals surface area contributed by atoms with E-state index in [1.165, 1.54) is 12.1 Å². The summed E-state index contributed by atoms with van der Waals surface area (Å²) in [4.78, 5) is 4.24. The molecule has 2 aromatic rings. The van der Waals surface area contributed by atoms with Crippen molar-refractivity contribution in [1.82, 2.24) is 10.6 Å². The quantitative estimate of drug-likeness (QED) is 0.555. The molecular formula is C16H19ClN4O2S. The molecule has 0 aliphatic heterocycles. The fourth-order valence-electron chi connectivity index (χ4n) is 2.04. The summed E-state index contributed by atoms with van der Waals surface area (Å²) in [6.45, 7) is 1.09. The molecule has 0 saturated carbocycles. The van der Waals surface area contributed by atoms with Crippen LogP contribution in [0.3, 0.4) is 0 Å². The predicted molar refractivity (Wildman–Crippen MR) is 96.3 cm³/mol. The summed E-state index contributed by atoms with van der Waals surface area (Å²) in [5.74, 6) is 0.630. The van der Waals surface area contributed by atoms with Gasteiger partial charge in [-0.15, -0.1) is 0 Å². The highest BCUT2D eigenvalue weighted by Gasteiger charge is 2.07. The Bertz CT molecular complexity index is 820. The van der Waals surface area contributed by atoms with Gasteiger partial charge in [0.15, 0.2) is 5.96 Å². The van der Waals surface area contributed by atoms with Gasteiger partial charge in [-0.1, -0.05) is 35.9 Å². The van der Waals surface area contributed by atoms with Gasteiger partial charge in [-0.2, -0.15) is 0 Å². The lowest BCUT2D eigenvalue weighted by molar-refractivity contribution is 0.597. The second kappa shape index (κ2) is 8.14. The highest BCUT2D eigenvalue weighted by Crippen LogP contribution is 2.10. The highest BCUT2D eigenvalue weighted by atomic mass is 35.5. The molecule has 2 rings (SSSR count). The van der Waals surface area contributed by atoms with E-state index in [-0.39, 0.29) is 4.90 Å². The van der Waals surface area contributed by atoms with E-state index in [1.54, 1.807) is 19.2 Å². The number of halogens is 1. The molecule has 8 heteroatoms. The molecule has 0 aliphatic carbocycles. The van der Waals surface area contributed by atoms with Gasteiger partial charge in [0.1, 0.15) is 0 Å². The fraction of sp³-hybridized carbons (Fsp3) is 0.188. The molecule has 24 heavy (non-hydrogen) atoms. The van der Waals surface area contributed by atoms with Crippen LogP contribution in [0.5, 0.6) is 0 Å². The van der Waals surface area contributed by atoms with Crippen LogP contribution in [0, 0.1) is 0 Å². The van der Waals surface area contributed by atoms with Gasteiger partial charge in [0, 0.05) is 25.2 Å². The van der Waals surface area contributed by atoms with Gasteiger partial charge in [0.25, 0.3) is 0 Å². The zero-order valence-electron chi connectivity index (χ0n) is 13.2. The Balaban J connectivity index is 1.89. The Labute approximate surface area is 146 Å². The van der Waals surface area contributed by atoms with E-state index in [4.69, 9.17) is 16.7 Å². The fourth-order valence-corrected chi connectivity index (χ4v) is 2.76. The molecule has 0 spiro atoms. The molecule has 0 radical (unpaired) electrons. The summed E-state index contributed by atoms with van der Waals surface area (Å²) in [6.07, 6.45) is 0. The first-order chi connectivity index (χ1) is 11.4. The first kappa shape index (κ1) is 18.3. The second-order valence-electron chi connectivity index (χ2n) is 5.10. The summed E-state index contributed by atoms with van der Waals surface area (Å²) >= 11 is 5.95. The van der Waals surface area contributed by atoms with Crippen LogP contribution in [0.2, 0.25) is 5.02 Å². The molecule has 0 aromatic heterocycles. The summed E-state index contributed by atoms with van der Waals surface area (Å²) < 4.78 is 22.4. The number of nitrogens with zero attached hydrogens (tertiary/aromatic N) is 1. The molecule has 6 nitrogen and oxygen atoms in total. The van der Waals surface area contributed by atoms with E-state index < -0.39 is 10.0 Å². The number of aliphatic imine (C=N–C) groups is 1. The molecule has 0 atom stereocenters. The molecule has 0 bridgehead atoms. The number of guanidine groups is 1. The van der Waals surface area contributed by atoms with Gasteiger partial charge >= 0.3 is 0 Å². The normalized spacial score (nSPS) is 12.0. The summed E-state index contributed by atoms with van der Waals surface area (Å²) in [7, 11) is -1.99. The van der Waals surface area contributed by atoms with Gasteiger partial charge < -0.3 is 10.6 Å². The lowest BCUT2D eigenvalue weighted by atomic mass is 10.2. The van der Waals surface area contributed by atoms with Crippen LogP contribution in [0.25, 0.3) is 0 Å². The van der Waals surface area contributed by atoms with Crippen molar-refractivity contribution >= 4 is 27.6 Å². The monoisotopic (exact) mass is 366 g/mol. The van der Waals surface area contributed by atoms with Crippen molar-refractivity contribution in [3.8, 4) is 0 Å². The first-order valence-corrected chi connectivity index (χ1v) is 9.11. The average molecular weight is 367 g/mol. The van der Waals surface area contributed by atoms with Gasteiger partial charge in [-0.25, -0.2) is 13.6 Å². The average Bonchev–Trinajstić information content (AvgIpc) is 2.55. The van der Waals surface area contributed by atoms with Crippen molar-refractivity contribution in [1.29, 1.82) is 0 Å². The SMILES string of the molecule is CN=C(NCc1ccc(S(N)(=O)=O)cc1)NCc1cccc(Cl)c1. The van der Waals surface area contributed by atoms with E-state index in [1.807, 2.05) is 24.3 Å². The van der Waals surface area contributed by atoms with Crippen LogP contribution in [0.15, 0.2) is 58.4 Å². The van der Waals surface area contributed by atoms with Gasteiger partial charge in [-0.3, -0.25) is 4.99 Å². The Morgan fingerprint density at radius 3 is 2.25 bits per heavy atom. The Morgan fingerprint density at radius 2 is 1.71 bits per heavy atom. The summed E-state index contributed by atoms with van der Waals surface area (Å²) in [5, 5.41) is 12.1. The molecular weight excluding hydrogens is 348 g/mol. The van der Waals surface area contributed by atoms with E-state index in [0.29, 0.717) is 24.1 Å². The number of hydrogen-bond donors (Lipinski definition) is 3. The minimum atomic E-state index is -3.67. The first-order valence-electron chi connectivity index (χ1n) is 7.19. The largest absolute Gasteiger partial charge is 0.352 e. The van der Waals surface area contributed by atoms with Gasteiger partial charge in [-0.05, 0) is 35.4 Å². The minimum Gasteiger partial charge on any atom is -0.352 e. The van der Waals surface area contributed by atoms with E-state index in [9.17, 15) is 8.42 Å². The number of nitrogens with two attached hydrogens (primary N) is 1. The van der Waals surface area contributed by atoms with E-state index >= 15 is 0 Å². The molecule has 128 valence electrons. The summed E-state index contributed by atoms with van der Waals surface area (Å²) in [5.41, 5.74) is 1.95. The Kier molecular flexibility index (Phi) is 6.19. The third-order valence-electron chi connectivity index (χ3n) is 3.28. The van der Waals surface area contributed by atoms with Crippen molar-refractivity contribution in [3.05, 3.63) is 64.7 Å². The summed E-state index contributed by atoms with van der Waals surface area (Å²) in [6, 6.07) is 13.9. The lowest BCUT2D eigenvalue weighted by Crippen LogP contribution is -2.36. The minimum absolute atomic E-state index is 0.0923. The molecule has 2 aromatic carbocycles. The van der Waals surface area contributed by atoms with Crippen molar-refractivity contribution in [2.24, 2.45) is 10.1 Å². The van der Waals surface area contributed by atoms with Crippen molar-refractivity contribution in [2.45, 2.75) is 18.0 Å². The highest BCUT2D eigenvalue weighted by molar-refractivity contribution is 7.89. The third-order valence-corrected chi connectivity index (χ3v) is 4.45. The smallest absolute Gasteiger partial charge is 0.238 e. The van der Waals surface area contributed by atoms with Crippen LogP contribution in [-0.4, -0.2) is 21.4 Å². The molecule has 4 N–H and O–H groups in total. The molecule has 0 saturated heterocycles. The number of benzene rings is 2. The van der Waals surface area contributed by atoms with Crippen molar-refractivity contribution in [3.63, 3.8) is 0 Å². The van der Waals surface area contributed by atoms with Crippen LogP contribution < -0.4 is 15.8 Å². The molecule has 0 heterocycles. The molecule has 0 aliphatic rings. The van der Waals surface area contributed by atoms with E-state index in [0.717, 1.165) is 11.1 Å². The molecule has 0 unspecified atom stereocenters. The predicted octanol–water partition coefficient (Wildman–Crippen LogP) is 1.85. The number of sulfonamides is 1. The van der Waals surface area contributed by atoms with Crippen LogP contribution in [-0.2, 0) is 23.1 Å². The van der Waals surface area contributed by atoms with E-state index in [2.05, 4.69) is 15.6 Å². The molecule has 0 amide bonds. The lowest BCUT2D eigenvalue weighted by Gasteiger charge is -2.12. The zero-order valence-corrected chi connectivity index (χ0v) is 14.7. The van der Waals surface area contributed by atoms with Gasteiger partial charge in [0.2, 0.25) is 10.0 Å². The number of nitrogens with one attached hydrogen (secondary N) is 2. The van der Waals surface area contributed by atoms with Crippen LogP contribution >= 0.6 is 11.6 Å². The van der Waals surface area contributed by atoms with Crippen molar-refractivity contribution in [2.75, 3.05) is 7.05 Å². The topological polar surface area (TPSA) is 96.6 Å².